The van der Waals surface area contributed by atoms with Gasteiger partial charge in [-0.1, -0.05) is 35.9 Å². The van der Waals surface area contributed by atoms with Crippen molar-refractivity contribution in [3.63, 3.8) is 0 Å². The summed E-state index contributed by atoms with van der Waals surface area (Å²) in [6, 6.07) is 12.9. The first-order chi connectivity index (χ1) is 14.3. The molecule has 7 nitrogen and oxygen atoms in total. The van der Waals surface area contributed by atoms with Gasteiger partial charge in [-0.2, -0.15) is 0 Å². The van der Waals surface area contributed by atoms with Crippen molar-refractivity contribution in [2.24, 2.45) is 0 Å². The van der Waals surface area contributed by atoms with Crippen molar-refractivity contribution in [3.8, 4) is 5.75 Å². The van der Waals surface area contributed by atoms with Gasteiger partial charge >= 0.3 is 0 Å². The second-order valence-electron chi connectivity index (χ2n) is 7.38. The Kier molecular flexibility index (Phi) is 7.33. The minimum atomic E-state index is -1.41. The standard InChI is InChI=1S/C22H26ClNO6/c1-12(25)24-11-18-19(26)20(27)21(28)22(30-18)14-5-8-17(23)15(10-14)9-13-3-6-16(29-2)7-4-13/h3-8,10,18-22,26-28H,9,11H2,1-2H3,(H,24,25)/t18?,19-,20+,21-,22+/m1/s1. The molecule has 1 fully saturated rings. The Hall–Kier alpha value is -2.16. The predicted octanol–water partition coefficient (Wildman–Crippen LogP) is 1.60. The Morgan fingerprint density at radius 3 is 2.43 bits per heavy atom. The lowest BCUT2D eigenvalue weighted by Crippen LogP contribution is -2.57. The monoisotopic (exact) mass is 435 g/mol. The Balaban J connectivity index is 1.82. The number of aliphatic hydroxyl groups excluding tert-OH is 3. The summed E-state index contributed by atoms with van der Waals surface area (Å²) in [5, 5.41) is 34.1. The fourth-order valence-electron chi connectivity index (χ4n) is 3.51. The lowest BCUT2D eigenvalue weighted by molar-refractivity contribution is -0.223. The highest BCUT2D eigenvalue weighted by Gasteiger charge is 2.44. The summed E-state index contributed by atoms with van der Waals surface area (Å²) in [4.78, 5) is 11.2. The number of hydrogen-bond acceptors (Lipinski definition) is 6. The van der Waals surface area contributed by atoms with E-state index in [9.17, 15) is 20.1 Å². The van der Waals surface area contributed by atoms with Crippen molar-refractivity contribution in [2.45, 2.75) is 43.9 Å². The number of hydrogen-bond donors (Lipinski definition) is 4. The van der Waals surface area contributed by atoms with Crippen molar-refractivity contribution in [2.75, 3.05) is 13.7 Å². The van der Waals surface area contributed by atoms with E-state index in [-0.39, 0.29) is 12.5 Å². The molecule has 4 N–H and O–H groups in total. The number of carbonyl (C=O) groups is 1. The summed E-state index contributed by atoms with van der Waals surface area (Å²) in [5.41, 5.74) is 2.47. The highest BCUT2D eigenvalue weighted by molar-refractivity contribution is 6.31. The largest absolute Gasteiger partial charge is 0.497 e. The van der Waals surface area contributed by atoms with Crippen LogP contribution in [-0.2, 0) is 16.0 Å². The molecule has 5 atom stereocenters. The van der Waals surface area contributed by atoms with Gasteiger partial charge in [0.25, 0.3) is 0 Å². The Bertz CT molecular complexity index is 874. The summed E-state index contributed by atoms with van der Waals surface area (Å²) in [7, 11) is 1.61. The molecule has 30 heavy (non-hydrogen) atoms. The van der Waals surface area contributed by atoms with E-state index in [0.29, 0.717) is 17.0 Å². The van der Waals surface area contributed by atoms with Crippen molar-refractivity contribution < 1.29 is 29.6 Å². The lowest BCUT2D eigenvalue weighted by Gasteiger charge is -2.41. The summed E-state index contributed by atoms with van der Waals surface area (Å²) < 4.78 is 11.0. The highest BCUT2D eigenvalue weighted by Crippen LogP contribution is 2.34. The van der Waals surface area contributed by atoms with Crippen LogP contribution < -0.4 is 10.1 Å². The SMILES string of the molecule is COc1ccc(Cc2cc([C@@H]3OC(CNC(C)=O)[C@@H](O)[C@H](O)[C@H]3O)ccc2Cl)cc1. The molecule has 0 radical (unpaired) electrons. The summed E-state index contributed by atoms with van der Waals surface area (Å²) >= 11 is 6.38. The van der Waals surface area contributed by atoms with Crippen LogP contribution in [0.5, 0.6) is 5.75 Å². The molecule has 0 spiro atoms. The highest BCUT2D eigenvalue weighted by atomic mass is 35.5. The molecule has 162 valence electrons. The fourth-order valence-corrected chi connectivity index (χ4v) is 3.69. The number of nitrogens with one attached hydrogen (secondary N) is 1. The summed E-state index contributed by atoms with van der Waals surface area (Å²) in [5.74, 6) is 0.478. The zero-order valence-corrected chi connectivity index (χ0v) is 17.5. The van der Waals surface area contributed by atoms with E-state index in [2.05, 4.69) is 5.32 Å². The summed E-state index contributed by atoms with van der Waals surface area (Å²) in [6.07, 6.45) is -5.26. The number of aliphatic hydroxyl groups is 3. The molecule has 0 bridgehead atoms. The molecule has 2 aromatic rings. The minimum Gasteiger partial charge on any atom is -0.497 e. The molecule has 0 aromatic heterocycles. The minimum absolute atomic E-state index is 0.0169. The summed E-state index contributed by atoms with van der Waals surface area (Å²) in [6.45, 7) is 1.37. The molecule has 1 saturated heterocycles. The van der Waals surface area contributed by atoms with E-state index in [1.54, 1.807) is 19.2 Å². The molecule has 0 aliphatic carbocycles. The molecule has 0 saturated carbocycles. The van der Waals surface area contributed by atoms with Gasteiger partial charge in [0.15, 0.2) is 0 Å². The van der Waals surface area contributed by atoms with Crippen LogP contribution >= 0.6 is 11.6 Å². The third-order valence-corrected chi connectivity index (χ3v) is 5.59. The maximum absolute atomic E-state index is 11.2. The molecule has 3 rings (SSSR count). The maximum Gasteiger partial charge on any atom is 0.216 e. The van der Waals surface area contributed by atoms with Crippen LogP contribution in [0.3, 0.4) is 0 Å². The van der Waals surface area contributed by atoms with Gasteiger partial charge in [-0.15, -0.1) is 0 Å². The number of methoxy groups -OCH3 is 1. The van der Waals surface area contributed by atoms with E-state index >= 15 is 0 Å². The van der Waals surface area contributed by atoms with E-state index in [4.69, 9.17) is 21.1 Å². The van der Waals surface area contributed by atoms with E-state index in [1.165, 1.54) is 6.92 Å². The van der Waals surface area contributed by atoms with Crippen molar-refractivity contribution in [1.82, 2.24) is 5.32 Å². The van der Waals surface area contributed by atoms with E-state index < -0.39 is 30.5 Å². The van der Waals surface area contributed by atoms with Gasteiger partial charge in [-0.3, -0.25) is 4.79 Å². The van der Waals surface area contributed by atoms with Crippen LogP contribution in [0.2, 0.25) is 5.02 Å². The Labute approximate surface area is 180 Å². The van der Waals surface area contributed by atoms with Crippen LogP contribution in [0.25, 0.3) is 0 Å². The smallest absolute Gasteiger partial charge is 0.216 e. The Morgan fingerprint density at radius 1 is 1.10 bits per heavy atom. The second kappa shape index (κ2) is 9.76. The zero-order chi connectivity index (χ0) is 21.8. The third-order valence-electron chi connectivity index (χ3n) is 5.22. The van der Waals surface area contributed by atoms with E-state index in [0.717, 1.165) is 16.9 Å². The molecule has 2 aromatic carbocycles. The third kappa shape index (κ3) is 5.11. The van der Waals surface area contributed by atoms with Gasteiger partial charge in [0.2, 0.25) is 5.91 Å². The second-order valence-corrected chi connectivity index (χ2v) is 7.79. The van der Waals surface area contributed by atoms with Crippen molar-refractivity contribution >= 4 is 17.5 Å². The van der Waals surface area contributed by atoms with Gasteiger partial charge < -0.3 is 30.1 Å². The fraction of sp³-hybridized carbons (Fsp3) is 0.409. The van der Waals surface area contributed by atoms with Crippen LogP contribution in [-0.4, -0.2) is 59.3 Å². The van der Waals surface area contributed by atoms with Crippen LogP contribution in [0.1, 0.15) is 29.7 Å². The average Bonchev–Trinajstić information content (AvgIpc) is 2.74. The van der Waals surface area contributed by atoms with Crippen LogP contribution in [0, 0.1) is 0 Å². The van der Waals surface area contributed by atoms with Gasteiger partial charge in [0, 0.05) is 18.5 Å². The molecular formula is C22H26ClNO6. The molecule has 1 aliphatic rings. The molecular weight excluding hydrogens is 410 g/mol. The zero-order valence-electron chi connectivity index (χ0n) is 16.8. The Morgan fingerprint density at radius 2 is 1.80 bits per heavy atom. The molecule has 8 heteroatoms. The van der Waals surface area contributed by atoms with Gasteiger partial charge in [0.1, 0.15) is 36.3 Å². The van der Waals surface area contributed by atoms with Crippen LogP contribution in [0.4, 0.5) is 0 Å². The van der Waals surface area contributed by atoms with Crippen molar-refractivity contribution in [1.29, 1.82) is 0 Å². The molecule has 1 heterocycles. The topological polar surface area (TPSA) is 108 Å². The number of ether oxygens (including phenoxy) is 2. The lowest BCUT2D eigenvalue weighted by atomic mass is 9.90. The van der Waals surface area contributed by atoms with E-state index in [1.807, 2.05) is 30.3 Å². The van der Waals surface area contributed by atoms with Gasteiger partial charge in [-0.25, -0.2) is 0 Å². The quantitative estimate of drug-likeness (QED) is 0.549. The molecule has 1 unspecified atom stereocenters. The first-order valence-corrected chi connectivity index (χ1v) is 10.0. The number of amides is 1. The number of carbonyl (C=O) groups excluding carboxylic acids is 1. The number of benzene rings is 2. The maximum atomic E-state index is 11.2. The van der Waals surface area contributed by atoms with Crippen LogP contribution in [0.15, 0.2) is 42.5 Å². The van der Waals surface area contributed by atoms with Gasteiger partial charge in [0.05, 0.1) is 7.11 Å². The number of rotatable bonds is 6. The van der Waals surface area contributed by atoms with Gasteiger partial charge in [-0.05, 0) is 41.3 Å². The predicted molar refractivity (Wildman–Crippen MR) is 112 cm³/mol. The van der Waals surface area contributed by atoms with Crippen molar-refractivity contribution in [3.05, 3.63) is 64.2 Å². The number of halogens is 1. The first kappa shape index (κ1) is 22.5. The normalized spacial score (nSPS) is 26.3. The molecule has 1 amide bonds. The molecule has 1 aliphatic heterocycles. The average molecular weight is 436 g/mol. The first-order valence-electron chi connectivity index (χ1n) is 9.65.